The van der Waals surface area contributed by atoms with Crippen LogP contribution in [0.5, 0.6) is 0 Å². The molecule has 0 aliphatic heterocycles. The van der Waals surface area contributed by atoms with E-state index in [-0.39, 0.29) is 12.1 Å². The molecule has 2 aliphatic rings. The molecule has 0 saturated heterocycles. The first-order chi connectivity index (χ1) is 9.92. The van der Waals surface area contributed by atoms with Crippen molar-refractivity contribution in [3.63, 3.8) is 0 Å². The largest absolute Gasteiger partial charge is 0.444 e. The van der Waals surface area contributed by atoms with Crippen LogP contribution in [-0.4, -0.2) is 23.8 Å². The molecule has 2 N–H and O–H groups in total. The fourth-order valence-corrected chi connectivity index (χ4v) is 3.46. The second-order valence-electron chi connectivity index (χ2n) is 7.09. The summed E-state index contributed by atoms with van der Waals surface area (Å²) in [5, 5.41) is 8.80. The molecule has 2 aliphatic carbocycles. The Morgan fingerprint density at radius 1 is 1.38 bits per heavy atom. The molecular formula is C16H24N2O2S. The fraction of sp³-hybridized carbons (Fsp3) is 0.688. The van der Waals surface area contributed by atoms with Gasteiger partial charge in [0, 0.05) is 23.0 Å². The van der Waals surface area contributed by atoms with Gasteiger partial charge in [0.2, 0.25) is 0 Å². The van der Waals surface area contributed by atoms with E-state index in [1.807, 2.05) is 32.1 Å². The van der Waals surface area contributed by atoms with E-state index < -0.39 is 5.60 Å². The van der Waals surface area contributed by atoms with Gasteiger partial charge in [-0.15, -0.1) is 11.3 Å². The van der Waals surface area contributed by atoms with Crippen molar-refractivity contribution in [2.75, 3.05) is 0 Å². The first-order valence-corrected chi connectivity index (χ1v) is 8.59. The van der Waals surface area contributed by atoms with Gasteiger partial charge in [-0.1, -0.05) is 6.07 Å². The number of alkyl carbamates (subject to hydrolysis) is 1. The van der Waals surface area contributed by atoms with Crippen molar-refractivity contribution in [1.82, 2.24) is 10.6 Å². The molecular weight excluding hydrogens is 284 g/mol. The molecule has 21 heavy (non-hydrogen) atoms. The number of carbonyl (C=O) groups excluding carboxylic acids is 1. The lowest BCUT2D eigenvalue weighted by atomic mass is 10.1. The lowest BCUT2D eigenvalue weighted by Crippen LogP contribution is -2.37. The highest BCUT2D eigenvalue weighted by Gasteiger charge is 2.43. The number of nitrogens with one attached hydrogen (secondary N) is 2. The third-order valence-electron chi connectivity index (χ3n) is 3.83. The van der Waals surface area contributed by atoms with Gasteiger partial charge in [0.05, 0.1) is 0 Å². The Kier molecular flexibility index (Phi) is 3.97. The van der Waals surface area contributed by atoms with Crippen molar-refractivity contribution in [2.45, 2.75) is 63.8 Å². The summed E-state index contributed by atoms with van der Waals surface area (Å²) in [5.41, 5.74) is -0.435. The molecule has 5 heteroatoms. The topological polar surface area (TPSA) is 50.4 Å². The van der Waals surface area contributed by atoms with E-state index in [0.29, 0.717) is 12.1 Å². The van der Waals surface area contributed by atoms with Crippen LogP contribution >= 0.6 is 11.3 Å². The Hall–Kier alpha value is -1.07. The highest BCUT2D eigenvalue weighted by Crippen LogP contribution is 2.44. The minimum absolute atomic E-state index is 0.209. The van der Waals surface area contributed by atoms with Crippen molar-refractivity contribution in [3.8, 4) is 0 Å². The molecule has 3 unspecified atom stereocenters. The van der Waals surface area contributed by atoms with Crippen molar-refractivity contribution in [2.24, 2.45) is 5.92 Å². The third-order valence-corrected chi connectivity index (χ3v) is 4.78. The summed E-state index contributed by atoms with van der Waals surface area (Å²) in [7, 11) is 0. The van der Waals surface area contributed by atoms with Crippen molar-refractivity contribution in [1.29, 1.82) is 0 Å². The SMILES string of the molecule is CC(C)(C)OC(=O)NC1CC1NC(c1cccs1)C1CC1. The maximum atomic E-state index is 11.8. The van der Waals surface area contributed by atoms with Crippen LogP contribution in [0.15, 0.2) is 17.5 Å². The van der Waals surface area contributed by atoms with Crippen LogP contribution in [0.25, 0.3) is 0 Å². The molecule has 0 spiro atoms. The first-order valence-electron chi connectivity index (χ1n) is 7.71. The van der Waals surface area contributed by atoms with Crippen LogP contribution in [-0.2, 0) is 4.74 Å². The molecule has 0 radical (unpaired) electrons. The quantitative estimate of drug-likeness (QED) is 0.876. The summed E-state index contributed by atoms with van der Waals surface area (Å²) in [5.74, 6) is 0.770. The Morgan fingerprint density at radius 2 is 2.14 bits per heavy atom. The van der Waals surface area contributed by atoms with E-state index in [1.54, 1.807) is 0 Å². The number of hydrogen-bond acceptors (Lipinski definition) is 4. The predicted octanol–water partition coefficient (Wildman–Crippen LogP) is 3.45. The van der Waals surface area contributed by atoms with Crippen molar-refractivity contribution < 1.29 is 9.53 Å². The minimum atomic E-state index is -0.435. The molecule has 0 bridgehead atoms. The van der Waals surface area contributed by atoms with Gasteiger partial charge in [0.15, 0.2) is 0 Å². The molecule has 0 aromatic carbocycles. The van der Waals surface area contributed by atoms with Crippen LogP contribution in [0.3, 0.4) is 0 Å². The van der Waals surface area contributed by atoms with Crippen LogP contribution in [0, 0.1) is 5.92 Å². The lowest BCUT2D eigenvalue weighted by molar-refractivity contribution is 0.0522. The summed E-state index contributed by atoms with van der Waals surface area (Å²) in [6.07, 6.45) is 3.31. The smallest absolute Gasteiger partial charge is 0.407 e. The van der Waals surface area contributed by atoms with Crippen molar-refractivity contribution >= 4 is 17.4 Å². The Bertz CT molecular complexity index is 491. The highest BCUT2D eigenvalue weighted by molar-refractivity contribution is 7.10. The van der Waals surface area contributed by atoms with Gasteiger partial charge in [0.1, 0.15) is 5.60 Å². The normalized spacial score (nSPS) is 26.2. The predicted molar refractivity (Wildman–Crippen MR) is 84.5 cm³/mol. The zero-order valence-corrected chi connectivity index (χ0v) is 13.7. The summed E-state index contributed by atoms with van der Waals surface area (Å²) < 4.78 is 5.30. The number of amides is 1. The maximum Gasteiger partial charge on any atom is 0.407 e. The minimum Gasteiger partial charge on any atom is -0.444 e. The lowest BCUT2D eigenvalue weighted by Gasteiger charge is -2.20. The summed E-state index contributed by atoms with van der Waals surface area (Å²) in [6.45, 7) is 5.65. The number of ether oxygens (including phenoxy) is 1. The summed E-state index contributed by atoms with van der Waals surface area (Å²) >= 11 is 1.82. The molecule has 2 fully saturated rings. The molecule has 1 amide bonds. The Balaban J connectivity index is 1.48. The fourth-order valence-electron chi connectivity index (χ4n) is 2.58. The molecule has 3 rings (SSSR count). The van der Waals surface area contributed by atoms with Crippen LogP contribution < -0.4 is 10.6 Å². The van der Waals surface area contributed by atoms with Crippen LogP contribution in [0.4, 0.5) is 4.79 Å². The van der Waals surface area contributed by atoms with Gasteiger partial charge in [-0.25, -0.2) is 4.79 Å². The molecule has 116 valence electrons. The van der Waals surface area contributed by atoms with E-state index >= 15 is 0 Å². The Labute approximate surface area is 130 Å². The number of thiophene rings is 1. The van der Waals surface area contributed by atoms with Gasteiger partial charge in [-0.05, 0) is 57.4 Å². The Morgan fingerprint density at radius 3 is 2.71 bits per heavy atom. The van der Waals surface area contributed by atoms with Gasteiger partial charge >= 0.3 is 6.09 Å². The third kappa shape index (κ3) is 4.20. The van der Waals surface area contributed by atoms with E-state index in [1.165, 1.54) is 17.7 Å². The van der Waals surface area contributed by atoms with Crippen molar-refractivity contribution in [3.05, 3.63) is 22.4 Å². The van der Waals surface area contributed by atoms with Gasteiger partial charge < -0.3 is 15.4 Å². The van der Waals surface area contributed by atoms with E-state index in [0.717, 1.165) is 12.3 Å². The second-order valence-corrected chi connectivity index (χ2v) is 8.07. The van der Waals surface area contributed by atoms with E-state index in [9.17, 15) is 4.79 Å². The zero-order valence-electron chi connectivity index (χ0n) is 12.9. The average Bonchev–Trinajstić information content (AvgIpc) is 3.25. The van der Waals surface area contributed by atoms with E-state index in [2.05, 4.69) is 28.1 Å². The molecule has 4 nitrogen and oxygen atoms in total. The molecule has 1 heterocycles. The highest BCUT2D eigenvalue weighted by atomic mass is 32.1. The molecule has 3 atom stereocenters. The summed E-state index contributed by atoms with van der Waals surface area (Å²) in [6, 6.07) is 5.37. The molecule has 2 saturated carbocycles. The molecule has 1 aromatic rings. The zero-order chi connectivity index (χ0) is 15.0. The number of rotatable bonds is 5. The standard InChI is InChI=1S/C16H24N2O2S/c1-16(2,3)20-15(19)18-12-9-11(12)17-14(10-6-7-10)13-5-4-8-21-13/h4-5,8,10-12,14,17H,6-7,9H2,1-3H3,(H,18,19). The van der Waals surface area contributed by atoms with Crippen LogP contribution in [0.1, 0.15) is 51.0 Å². The van der Waals surface area contributed by atoms with E-state index in [4.69, 9.17) is 4.74 Å². The maximum absolute atomic E-state index is 11.8. The van der Waals surface area contributed by atoms with Gasteiger partial charge in [-0.2, -0.15) is 0 Å². The van der Waals surface area contributed by atoms with Crippen LogP contribution in [0.2, 0.25) is 0 Å². The summed E-state index contributed by atoms with van der Waals surface area (Å²) in [4.78, 5) is 13.2. The molecule has 1 aromatic heterocycles. The monoisotopic (exact) mass is 308 g/mol. The van der Waals surface area contributed by atoms with Gasteiger partial charge in [-0.3, -0.25) is 0 Å². The van der Waals surface area contributed by atoms with Gasteiger partial charge in [0.25, 0.3) is 0 Å². The number of carbonyl (C=O) groups is 1. The average molecular weight is 308 g/mol. The second kappa shape index (κ2) is 5.61. The number of hydrogen-bond donors (Lipinski definition) is 2. The first kappa shape index (κ1) is 14.9.